The molecule has 2 aromatic carbocycles. The van der Waals surface area contributed by atoms with Crippen molar-refractivity contribution in [1.82, 2.24) is 5.32 Å². The lowest BCUT2D eigenvalue weighted by molar-refractivity contribution is -0.125. The molecule has 26 heavy (non-hydrogen) atoms. The molecule has 0 spiro atoms. The summed E-state index contributed by atoms with van der Waals surface area (Å²) >= 11 is 0. The summed E-state index contributed by atoms with van der Waals surface area (Å²) in [6.45, 7) is 7.10. The number of hydrogen-bond donors (Lipinski definition) is 1. The quantitative estimate of drug-likeness (QED) is 0.522. The topological polar surface area (TPSA) is 29.1 Å². The van der Waals surface area contributed by atoms with Crippen molar-refractivity contribution < 1.29 is 4.79 Å². The molecular formula is C23H30NOP. The van der Waals surface area contributed by atoms with Crippen LogP contribution in [0.3, 0.4) is 0 Å². The highest BCUT2D eigenvalue weighted by atomic mass is 31.0. The van der Waals surface area contributed by atoms with E-state index in [1.165, 1.54) is 11.1 Å². The Morgan fingerprint density at radius 2 is 1.54 bits per heavy atom. The van der Waals surface area contributed by atoms with Gasteiger partial charge in [0.25, 0.3) is 0 Å². The molecule has 0 radical (unpaired) electrons. The molecule has 2 aromatic rings. The van der Waals surface area contributed by atoms with Gasteiger partial charge in [-0.1, -0.05) is 88.6 Å². The second kappa shape index (κ2) is 7.53. The van der Waals surface area contributed by atoms with Crippen LogP contribution in [0.15, 0.2) is 48.5 Å². The molecule has 0 saturated carbocycles. The largest absolute Gasteiger partial charge is 0.354 e. The van der Waals surface area contributed by atoms with Gasteiger partial charge in [-0.05, 0) is 33.8 Å². The first-order chi connectivity index (χ1) is 12.4. The number of carbonyl (C=O) groups is 1. The van der Waals surface area contributed by atoms with Crippen molar-refractivity contribution in [2.24, 2.45) is 0 Å². The number of fused-ring (bicyclic) bond motifs is 3. The van der Waals surface area contributed by atoms with E-state index in [2.05, 4.69) is 83.9 Å². The minimum absolute atomic E-state index is 0.0160. The highest BCUT2D eigenvalue weighted by Crippen LogP contribution is 2.51. The summed E-state index contributed by atoms with van der Waals surface area (Å²) in [6.07, 6.45) is 4.21. The molecule has 2 nitrogen and oxygen atoms in total. The molecule has 0 saturated heterocycles. The zero-order chi connectivity index (χ0) is 18.8. The Bertz CT molecular complexity index is 745. The van der Waals surface area contributed by atoms with E-state index in [9.17, 15) is 4.79 Å². The van der Waals surface area contributed by atoms with Crippen LogP contribution in [0.4, 0.5) is 0 Å². The standard InChI is InChI=1S/C23H30NOP/c1-4-5-10-15-23(21(25)24-16-22(2,3)26)19-13-8-6-11-17(19)18-12-7-9-14-20(18)23/h6-9,11-14H,4-5,10,15-16,26H2,1-3H3,(H,24,25). The average molecular weight is 367 g/mol. The molecule has 138 valence electrons. The van der Waals surface area contributed by atoms with Crippen LogP contribution in [0.2, 0.25) is 0 Å². The van der Waals surface area contributed by atoms with E-state index in [-0.39, 0.29) is 11.1 Å². The predicted molar refractivity (Wildman–Crippen MR) is 114 cm³/mol. The number of nitrogens with one attached hydrogen (secondary N) is 1. The predicted octanol–water partition coefficient (Wildman–Crippen LogP) is 5.30. The number of carbonyl (C=O) groups excluding carboxylic acids is 1. The van der Waals surface area contributed by atoms with Crippen molar-refractivity contribution >= 4 is 15.1 Å². The van der Waals surface area contributed by atoms with E-state index < -0.39 is 5.41 Å². The molecule has 0 fully saturated rings. The Hall–Kier alpha value is -1.66. The van der Waals surface area contributed by atoms with Gasteiger partial charge in [0.1, 0.15) is 5.41 Å². The smallest absolute Gasteiger partial charge is 0.235 e. The molecule has 1 amide bonds. The minimum Gasteiger partial charge on any atom is -0.354 e. The molecule has 1 aliphatic rings. The Morgan fingerprint density at radius 1 is 1.00 bits per heavy atom. The summed E-state index contributed by atoms with van der Waals surface area (Å²) in [5.41, 5.74) is 4.17. The fraction of sp³-hybridized carbons (Fsp3) is 0.435. The number of hydrogen-bond acceptors (Lipinski definition) is 1. The summed E-state index contributed by atoms with van der Waals surface area (Å²) < 4.78 is 0. The van der Waals surface area contributed by atoms with Crippen LogP contribution in [0.5, 0.6) is 0 Å². The molecule has 1 aliphatic carbocycles. The lowest BCUT2D eigenvalue weighted by atomic mass is 9.73. The highest BCUT2D eigenvalue weighted by Gasteiger charge is 2.48. The Labute approximate surface area is 160 Å². The number of benzene rings is 2. The van der Waals surface area contributed by atoms with E-state index in [0.717, 1.165) is 36.8 Å². The molecule has 3 rings (SSSR count). The maximum atomic E-state index is 13.6. The third-order valence-corrected chi connectivity index (χ3v) is 5.52. The SMILES string of the molecule is CCCCCC1(C(=O)NCC(C)(C)P)c2ccccc2-c2ccccc21. The fourth-order valence-electron chi connectivity index (χ4n) is 4.05. The minimum atomic E-state index is -0.571. The summed E-state index contributed by atoms with van der Waals surface area (Å²) in [6, 6.07) is 16.9. The van der Waals surface area contributed by atoms with Crippen molar-refractivity contribution in [2.45, 2.75) is 57.0 Å². The molecule has 1 unspecified atom stereocenters. The maximum absolute atomic E-state index is 13.6. The third kappa shape index (κ3) is 3.45. The van der Waals surface area contributed by atoms with Crippen LogP contribution in [-0.4, -0.2) is 17.6 Å². The summed E-state index contributed by atoms with van der Waals surface area (Å²) in [5.74, 6) is 0.140. The summed E-state index contributed by atoms with van der Waals surface area (Å²) in [5, 5.41) is 3.24. The van der Waals surface area contributed by atoms with Gasteiger partial charge in [0.2, 0.25) is 5.91 Å². The van der Waals surface area contributed by atoms with Crippen molar-refractivity contribution in [3.8, 4) is 11.1 Å². The Balaban J connectivity index is 2.09. The number of rotatable bonds is 7. The van der Waals surface area contributed by atoms with Crippen LogP contribution in [0, 0.1) is 0 Å². The van der Waals surface area contributed by atoms with Crippen LogP contribution in [-0.2, 0) is 10.2 Å². The Kier molecular flexibility index (Phi) is 5.53. The van der Waals surface area contributed by atoms with Gasteiger partial charge in [-0.2, -0.15) is 0 Å². The summed E-state index contributed by atoms with van der Waals surface area (Å²) in [7, 11) is 2.82. The molecule has 0 aromatic heterocycles. The van der Waals surface area contributed by atoms with Crippen LogP contribution < -0.4 is 5.32 Å². The van der Waals surface area contributed by atoms with Crippen LogP contribution >= 0.6 is 9.24 Å². The van der Waals surface area contributed by atoms with E-state index >= 15 is 0 Å². The van der Waals surface area contributed by atoms with Gasteiger partial charge in [-0.3, -0.25) is 4.79 Å². The van der Waals surface area contributed by atoms with Gasteiger partial charge in [0.05, 0.1) is 0 Å². The lowest BCUT2D eigenvalue weighted by Crippen LogP contribution is -2.47. The van der Waals surface area contributed by atoms with Gasteiger partial charge in [-0.15, -0.1) is 9.24 Å². The third-order valence-electron chi connectivity index (χ3n) is 5.31. The first kappa shape index (κ1) is 19.1. The van der Waals surface area contributed by atoms with Crippen molar-refractivity contribution in [1.29, 1.82) is 0 Å². The van der Waals surface area contributed by atoms with Gasteiger partial charge in [0.15, 0.2) is 0 Å². The highest BCUT2D eigenvalue weighted by molar-refractivity contribution is 7.18. The van der Waals surface area contributed by atoms with Crippen molar-refractivity contribution in [3.63, 3.8) is 0 Å². The molecule has 0 heterocycles. The van der Waals surface area contributed by atoms with Crippen molar-refractivity contribution in [3.05, 3.63) is 59.7 Å². The average Bonchev–Trinajstić information content (AvgIpc) is 2.91. The van der Waals surface area contributed by atoms with Crippen LogP contribution in [0.1, 0.15) is 57.6 Å². The van der Waals surface area contributed by atoms with Gasteiger partial charge >= 0.3 is 0 Å². The van der Waals surface area contributed by atoms with Gasteiger partial charge < -0.3 is 5.32 Å². The van der Waals surface area contributed by atoms with E-state index in [1.54, 1.807) is 0 Å². The first-order valence-corrected chi connectivity index (χ1v) is 10.2. The normalized spacial score (nSPS) is 14.6. The molecule has 1 atom stereocenters. The molecule has 3 heteroatoms. The maximum Gasteiger partial charge on any atom is 0.235 e. The number of amides is 1. The molecule has 1 N–H and O–H groups in total. The molecular weight excluding hydrogens is 337 g/mol. The second-order valence-electron chi connectivity index (χ2n) is 8.12. The van der Waals surface area contributed by atoms with Gasteiger partial charge in [0, 0.05) is 6.54 Å². The van der Waals surface area contributed by atoms with Crippen LogP contribution in [0.25, 0.3) is 11.1 Å². The van der Waals surface area contributed by atoms with Crippen molar-refractivity contribution in [2.75, 3.05) is 6.54 Å². The summed E-state index contributed by atoms with van der Waals surface area (Å²) in [4.78, 5) is 13.6. The molecule has 0 bridgehead atoms. The monoisotopic (exact) mass is 367 g/mol. The first-order valence-electron chi connectivity index (χ1n) is 9.67. The van der Waals surface area contributed by atoms with E-state index in [0.29, 0.717) is 6.54 Å². The Morgan fingerprint density at radius 3 is 2.04 bits per heavy atom. The van der Waals surface area contributed by atoms with E-state index in [4.69, 9.17) is 0 Å². The zero-order valence-electron chi connectivity index (χ0n) is 16.1. The zero-order valence-corrected chi connectivity index (χ0v) is 17.3. The van der Waals surface area contributed by atoms with E-state index in [1.807, 2.05) is 0 Å². The molecule has 0 aliphatic heterocycles. The number of unbranched alkanes of at least 4 members (excludes halogenated alkanes) is 2. The fourth-order valence-corrected chi connectivity index (χ4v) is 4.15. The van der Waals surface area contributed by atoms with Gasteiger partial charge in [-0.25, -0.2) is 0 Å². The lowest BCUT2D eigenvalue weighted by Gasteiger charge is -2.32. The second-order valence-corrected chi connectivity index (χ2v) is 9.69.